The minimum atomic E-state index is -0.544. The molecule has 0 aliphatic rings. The Hall–Kier alpha value is -4.06. The average molecular weight is 515 g/mol. The SMILES string of the molecule is CCCCCCCNC(=O)N(C)c1cccc(-c2ccc(C=C(OCC)C(=O)Oc3ccccc3)cc2)c1. The van der Waals surface area contributed by atoms with Crippen LogP contribution in [0, 0.1) is 0 Å². The number of hydrogen-bond donors (Lipinski definition) is 1. The zero-order chi connectivity index (χ0) is 27.2. The van der Waals surface area contributed by atoms with E-state index in [1.165, 1.54) is 19.3 Å². The van der Waals surface area contributed by atoms with Crippen LogP contribution in [0.4, 0.5) is 10.5 Å². The predicted molar refractivity (Wildman–Crippen MR) is 154 cm³/mol. The number of nitrogens with zero attached hydrogens (tertiary/aromatic N) is 1. The van der Waals surface area contributed by atoms with Crippen LogP contribution in [0.2, 0.25) is 0 Å². The summed E-state index contributed by atoms with van der Waals surface area (Å²) in [6, 6.07) is 24.5. The van der Waals surface area contributed by atoms with Crippen molar-refractivity contribution in [2.24, 2.45) is 0 Å². The molecule has 0 bridgehead atoms. The summed E-state index contributed by atoms with van der Waals surface area (Å²) < 4.78 is 11.0. The monoisotopic (exact) mass is 514 g/mol. The molecule has 0 saturated heterocycles. The van der Waals surface area contributed by atoms with Gasteiger partial charge in [0, 0.05) is 19.3 Å². The van der Waals surface area contributed by atoms with Crippen LogP contribution in [0.15, 0.2) is 84.6 Å². The third-order valence-corrected chi connectivity index (χ3v) is 6.09. The average Bonchev–Trinajstić information content (AvgIpc) is 2.95. The Morgan fingerprint density at radius 1 is 0.842 bits per heavy atom. The number of carbonyl (C=O) groups excluding carboxylic acids is 2. The van der Waals surface area contributed by atoms with E-state index < -0.39 is 5.97 Å². The lowest BCUT2D eigenvalue weighted by atomic mass is 10.0. The van der Waals surface area contributed by atoms with Gasteiger partial charge in [0.25, 0.3) is 0 Å². The fourth-order valence-corrected chi connectivity index (χ4v) is 3.94. The lowest BCUT2D eigenvalue weighted by Gasteiger charge is -2.19. The summed E-state index contributed by atoms with van der Waals surface area (Å²) in [5.41, 5.74) is 3.62. The molecule has 3 aromatic carbocycles. The Morgan fingerprint density at radius 3 is 2.29 bits per heavy atom. The topological polar surface area (TPSA) is 67.9 Å². The van der Waals surface area contributed by atoms with Crippen LogP contribution >= 0.6 is 0 Å². The van der Waals surface area contributed by atoms with E-state index in [0.29, 0.717) is 18.9 Å². The molecule has 3 rings (SSSR count). The maximum atomic E-state index is 12.6. The third kappa shape index (κ3) is 8.80. The first-order valence-corrected chi connectivity index (χ1v) is 13.4. The van der Waals surface area contributed by atoms with Gasteiger partial charge in [0.05, 0.1) is 6.61 Å². The Morgan fingerprint density at radius 2 is 1.58 bits per heavy atom. The van der Waals surface area contributed by atoms with E-state index >= 15 is 0 Å². The molecule has 6 nitrogen and oxygen atoms in total. The number of para-hydroxylation sites is 1. The summed E-state index contributed by atoms with van der Waals surface area (Å²) in [4.78, 5) is 26.9. The number of benzene rings is 3. The van der Waals surface area contributed by atoms with Crippen LogP contribution < -0.4 is 15.0 Å². The van der Waals surface area contributed by atoms with E-state index in [0.717, 1.165) is 35.2 Å². The van der Waals surface area contributed by atoms with Crippen LogP contribution in [-0.4, -0.2) is 32.2 Å². The normalized spacial score (nSPS) is 11.1. The van der Waals surface area contributed by atoms with Crippen LogP contribution in [0.3, 0.4) is 0 Å². The molecule has 0 saturated carbocycles. The lowest BCUT2D eigenvalue weighted by Crippen LogP contribution is -2.37. The molecule has 200 valence electrons. The molecule has 0 fully saturated rings. The first-order valence-electron chi connectivity index (χ1n) is 13.4. The number of hydrogen-bond acceptors (Lipinski definition) is 4. The highest BCUT2D eigenvalue weighted by atomic mass is 16.6. The van der Waals surface area contributed by atoms with Crippen LogP contribution in [0.25, 0.3) is 17.2 Å². The van der Waals surface area contributed by atoms with Gasteiger partial charge in [0.2, 0.25) is 5.76 Å². The number of anilines is 1. The van der Waals surface area contributed by atoms with E-state index in [4.69, 9.17) is 9.47 Å². The van der Waals surface area contributed by atoms with Crippen molar-refractivity contribution in [1.82, 2.24) is 5.32 Å². The standard InChI is InChI=1S/C32H38N2O4/c1-4-6-7-8-12-22-33-32(36)34(3)28-15-13-14-27(24-28)26-20-18-25(19-21-26)23-30(37-5-2)31(35)38-29-16-10-9-11-17-29/h9-11,13-21,23-24H,4-8,12,22H2,1-3H3,(H,33,36). The highest BCUT2D eigenvalue weighted by molar-refractivity contribution is 5.93. The zero-order valence-electron chi connectivity index (χ0n) is 22.6. The van der Waals surface area contributed by atoms with E-state index in [-0.39, 0.29) is 11.8 Å². The second kappa shape index (κ2) is 15.3. The van der Waals surface area contributed by atoms with Gasteiger partial charge in [-0.15, -0.1) is 0 Å². The molecule has 0 unspecified atom stereocenters. The largest absolute Gasteiger partial charge is 0.487 e. The van der Waals surface area contributed by atoms with Crippen LogP contribution in [-0.2, 0) is 9.53 Å². The van der Waals surface area contributed by atoms with Gasteiger partial charge < -0.3 is 14.8 Å². The van der Waals surface area contributed by atoms with Crippen molar-refractivity contribution in [3.63, 3.8) is 0 Å². The lowest BCUT2D eigenvalue weighted by molar-refractivity contribution is -0.133. The van der Waals surface area contributed by atoms with Gasteiger partial charge in [0.15, 0.2) is 0 Å². The second-order valence-electron chi connectivity index (χ2n) is 9.02. The van der Waals surface area contributed by atoms with Gasteiger partial charge in [-0.25, -0.2) is 9.59 Å². The number of unbranched alkanes of at least 4 members (excludes halogenated alkanes) is 4. The number of esters is 1. The fourth-order valence-electron chi connectivity index (χ4n) is 3.94. The molecule has 0 aliphatic heterocycles. The highest BCUT2D eigenvalue weighted by Gasteiger charge is 2.14. The summed E-state index contributed by atoms with van der Waals surface area (Å²) in [5, 5.41) is 3.01. The summed E-state index contributed by atoms with van der Waals surface area (Å²) >= 11 is 0. The quantitative estimate of drug-likeness (QED) is 0.0845. The Bertz CT molecular complexity index is 1190. The smallest absolute Gasteiger partial charge is 0.379 e. The van der Waals surface area contributed by atoms with E-state index in [9.17, 15) is 9.59 Å². The van der Waals surface area contributed by atoms with Crippen molar-refractivity contribution in [2.45, 2.75) is 46.0 Å². The zero-order valence-corrected chi connectivity index (χ0v) is 22.6. The number of rotatable bonds is 13. The van der Waals surface area contributed by atoms with Gasteiger partial charge in [-0.05, 0) is 60.4 Å². The molecule has 0 spiro atoms. The summed E-state index contributed by atoms with van der Waals surface area (Å²) in [6.07, 6.45) is 7.47. The molecule has 1 N–H and O–H groups in total. The molecule has 0 atom stereocenters. The summed E-state index contributed by atoms with van der Waals surface area (Å²) in [6.45, 7) is 5.05. The van der Waals surface area contributed by atoms with Gasteiger partial charge in [-0.1, -0.05) is 87.2 Å². The van der Waals surface area contributed by atoms with E-state index in [1.807, 2.05) is 61.5 Å². The van der Waals surface area contributed by atoms with Gasteiger partial charge in [0.1, 0.15) is 5.75 Å². The van der Waals surface area contributed by atoms with Gasteiger partial charge in [-0.2, -0.15) is 0 Å². The number of carbonyl (C=O) groups is 2. The maximum Gasteiger partial charge on any atom is 0.379 e. The summed E-state index contributed by atoms with van der Waals surface area (Å²) in [7, 11) is 1.78. The molecule has 0 heterocycles. The minimum absolute atomic E-state index is 0.107. The molecular weight excluding hydrogens is 476 g/mol. The summed E-state index contributed by atoms with van der Waals surface area (Å²) in [5.74, 6) is 0.0603. The molecule has 0 aromatic heterocycles. The molecule has 38 heavy (non-hydrogen) atoms. The Balaban J connectivity index is 1.65. The molecule has 2 amide bonds. The molecule has 6 heteroatoms. The maximum absolute atomic E-state index is 12.6. The minimum Gasteiger partial charge on any atom is -0.487 e. The van der Waals surface area contributed by atoms with Gasteiger partial charge >= 0.3 is 12.0 Å². The van der Waals surface area contributed by atoms with Crippen molar-refractivity contribution < 1.29 is 19.1 Å². The van der Waals surface area contributed by atoms with Crippen LogP contribution in [0.5, 0.6) is 5.75 Å². The van der Waals surface area contributed by atoms with Gasteiger partial charge in [-0.3, -0.25) is 4.90 Å². The molecule has 0 radical (unpaired) electrons. The molecular formula is C32H38N2O4. The van der Waals surface area contributed by atoms with Crippen molar-refractivity contribution in [1.29, 1.82) is 0 Å². The predicted octanol–water partition coefficient (Wildman–Crippen LogP) is 7.45. The third-order valence-electron chi connectivity index (χ3n) is 6.09. The van der Waals surface area contributed by atoms with Crippen LogP contribution in [0.1, 0.15) is 51.5 Å². The molecule has 0 aliphatic carbocycles. The number of ether oxygens (including phenoxy) is 2. The number of amides is 2. The first kappa shape index (κ1) is 28.5. The first-order chi connectivity index (χ1) is 18.5. The van der Waals surface area contributed by atoms with Crippen molar-refractivity contribution in [2.75, 3.05) is 25.1 Å². The Labute approximate surface area is 226 Å². The number of urea groups is 1. The Kier molecular flexibility index (Phi) is 11.4. The number of nitrogens with one attached hydrogen (secondary N) is 1. The molecule has 3 aromatic rings. The van der Waals surface area contributed by atoms with Crippen molar-refractivity contribution in [3.8, 4) is 16.9 Å². The van der Waals surface area contributed by atoms with E-state index in [1.54, 1.807) is 42.3 Å². The highest BCUT2D eigenvalue weighted by Crippen LogP contribution is 2.25. The van der Waals surface area contributed by atoms with Crippen molar-refractivity contribution >= 4 is 23.8 Å². The van der Waals surface area contributed by atoms with Crippen molar-refractivity contribution in [3.05, 3.63) is 90.2 Å². The second-order valence-corrected chi connectivity index (χ2v) is 9.02. The van der Waals surface area contributed by atoms with E-state index in [2.05, 4.69) is 12.2 Å². The fraction of sp³-hybridized carbons (Fsp3) is 0.312.